The van der Waals surface area contributed by atoms with E-state index in [4.69, 9.17) is 9.47 Å². The van der Waals surface area contributed by atoms with E-state index in [1.165, 1.54) is 26.2 Å². The summed E-state index contributed by atoms with van der Waals surface area (Å²) in [6, 6.07) is 9.53. The number of aryl methyl sites for hydroxylation is 1. The number of nitrogens with one attached hydrogen (secondary N) is 1. The number of hydrogen-bond donors (Lipinski definition) is 3. The van der Waals surface area contributed by atoms with Crippen molar-refractivity contribution in [3.8, 4) is 17.2 Å². The van der Waals surface area contributed by atoms with Crippen molar-refractivity contribution in [1.29, 1.82) is 0 Å². The fraction of sp³-hybridized carbons (Fsp3) is 0.207. The van der Waals surface area contributed by atoms with Crippen LogP contribution in [-0.4, -0.2) is 34.8 Å². The van der Waals surface area contributed by atoms with E-state index >= 15 is 0 Å². The molecule has 0 fully saturated rings. The van der Waals surface area contributed by atoms with E-state index in [9.17, 15) is 29.0 Å². The van der Waals surface area contributed by atoms with Gasteiger partial charge in [-0.3, -0.25) is 14.4 Å². The van der Waals surface area contributed by atoms with Gasteiger partial charge in [0.15, 0.2) is 17.3 Å². The highest BCUT2D eigenvalue weighted by Crippen LogP contribution is 2.56. The smallest absolute Gasteiger partial charge is 0.259 e. The molecule has 0 saturated carbocycles. The van der Waals surface area contributed by atoms with Crippen molar-refractivity contribution < 1.29 is 38.5 Å². The molecule has 38 heavy (non-hydrogen) atoms. The van der Waals surface area contributed by atoms with Crippen LogP contribution in [0.5, 0.6) is 17.2 Å². The second kappa shape index (κ2) is 8.72. The van der Waals surface area contributed by atoms with Gasteiger partial charge in [-0.05, 0) is 43.4 Å². The van der Waals surface area contributed by atoms with E-state index in [0.29, 0.717) is 21.9 Å². The third-order valence-electron chi connectivity index (χ3n) is 7.19. The largest absolute Gasteiger partial charge is 0.507 e. The summed E-state index contributed by atoms with van der Waals surface area (Å²) in [5.74, 6) is -3.53. The average molecular weight is 518 g/mol. The number of aromatic hydroxyl groups is 1. The number of methoxy groups -OCH3 is 1. The number of halogens is 1. The van der Waals surface area contributed by atoms with Gasteiger partial charge in [0, 0.05) is 24.1 Å². The van der Waals surface area contributed by atoms with Gasteiger partial charge in [0.05, 0.1) is 12.7 Å². The lowest BCUT2D eigenvalue weighted by atomic mass is 9.71. The zero-order chi connectivity index (χ0) is 27.5. The maximum atomic E-state index is 14.5. The lowest BCUT2D eigenvalue weighted by Gasteiger charge is -2.27. The Morgan fingerprint density at radius 2 is 1.84 bits per heavy atom. The van der Waals surface area contributed by atoms with Crippen LogP contribution >= 0.6 is 0 Å². The number of Topliss-reactive ketones (excluding diaryl/α,β-unsaturated/α-hetero) is 2. The Bertz CT molecular complexity index is 1650. The quantitative estimate of drug-likeness (QED) is 0.428. The molecule has 0 aromatic heterocycles. The third kappa shape index (κ3) is 3.46. The number of carbonyl (C=O) groups excluding carboxylic acids is 3. The van der Waals surface area contributed by atoms with Gasteiger partial charge in [0.25, 0.3) is 5.91 Å². The first-order chi connectivity index (χ1) is 18.0. The lowest BCUT2D eigenvalue weighted by molar-refractivity contribution is -0.123. The number of benzene rings is 3. The zero-order valence-corrected chi connectivity index (χ0v) is 21.1. The summed E-state index contributed by atoms with van der Waals surface area (Å²) in [4.78, 5) is 39.1. The standard InChI is InChI=1S/C29H24FNO7/c1-13-9-18(30)16-8-6-5-7-15(16)17(13)12-31-28(36)24-21(37-4)10-20(34)25-26(24)38-22-11-19(33)23(14(2)32)27(35)29(22,25)3/h5-11,33-34H,12H2,1-4H3,(H,31,36)/t29-/m1/s1. The SMILES string of the molecule is COc1cc(O)c2c(c1C(=O)NCc1c(C)cc(F)c3ccccc13)OC1=CC(O)=C(C(C)=O)C(=O)[C@]12C. The van der Waals surface area contributed by atoms with Crippen LogP contribution in [0.2, 0.25) is 0 Å². The molecule has 8 nitrogen and oxygen atoms in total. The molecule has 2 aliphatic rings. The third-order valence-corrected chi connectivity index (χ3v) is 7.19. The van der Waals surface area contributed by atoms with Crippen LogP contribution < -0.4 is 14.8 Å². The number of allylic oxidation sites excluding steroid dienone is 3. The van der Waals surface area contributed by atoms with Crippen molar-refractivity contribution in [2.24, 2.45) is 0 Å². The molecule has 3 N–H and O–H groups in total. The number of ketones is 2. The minimum Gasteiger partial charge on any atom is -0.507 e. The Hall–Kier alpha value is -4.66. The van der Waals surface area contributed by atoms with Crippen molar-refractivity contribution >= 4 is 28.2 Å². The molecular weight excluding hydrogens is 493 g/mol. The molecule has 0 radical (unpaired) electrons. The minimum absolute atomic E-state index is 0.0151. The molecule has 1 aliphatic heterocycles. The molecule has 0 unspecified atom stereocenters. The van der Waals surface area contributed by atoms with Gasteiger partial charge in [-0.25, -0.2) is 4.39 Å². The second-order valence-electron chi connectivity index (χ2n) is 9.44. The van der Waals surface area contributed by atoms with E-state index in [-0.39, 0.29) is 46.5 Å². The van der Waals surface area contributed by atoms with Gasteiger partial charge in [0.1, 0.15) is 45.4 Å². The van der Waals surface area contributed by atoms with Crippen LogP contribution in [0.25, 0.3) is 10.8 Å². The van der Waals surface area contributed by atoms with Crippen molar-refractivity contribution in [3.63, 3.8) is 0 Å². The Kier molecular flexibility index (Phi) is 5.74. The predicted molar refractivity (Wildman–Crippen MR) is 136 cm³/mol. The topological polar surface area (TPSA) is 122 Å². The fourth-order valence-corrected chi connectivity index (χ4v) is 5.23. The molecule has 1 amide bonds. The summed E-state index contributed by atoms with van der Waals surface area (Å²) in [6.07, 6.45) is 1.14. The molecule has 3 aromatic carbocycles. The maximum absolute atomic E-state index is 14.5. The molecule has 0 saturated heterocycles. The van der Waals surface area contributed by atoms with Crippen LogP contribution in [0.15, 0.2) is 59.6 Å². The summed E-state index contributed by atoms with van der Waals surface area (Å²) in [5, 5.41) is 25.1. The highest BCUT2D eigenvalue weighted by Gasteiger charge is 2.55. The van der Waals surface area contributed by atoms with Crippen molar-refractivity contribution in [2.45, 2.75) is 32.7 Å². The molecule has 3 aromatic rings. The normalized spacial score (nSPS) is 18.0. The van der Waals surface area contributed by atoms with Gasteiger partial charge in [-0.15, -0.1) is 0 Å². The van der Waals surface area contributed by atoms with Crippen LogP contribution in [0.1, 0.15) is 40.9 Å². The minimum atomic E-state index is -1.66. The lowest BCUT2D eigenvalue weighted by Crippen LogP contribution is -2.38. The summed E-state index contributed by atoms with van der Waals surface area (Å²) < 4.78 is 25.7. The second-order valence-corrected chi connectivity index (χ2v) is 9.44. The first-order valence-corrected chi connectivity index (χ1v) is 11.8. The van der Waals surface area contributed by atoms with Gasteiger partial charge in [-0.2, -0.15) is 0 Å². The first-order valence-electron chi connectivity index (χ1n) is 11.8. The molecule has 1 heterocycles. The molecule has 1 atom stereocenters. The van der Waals surface area contributed by atoms with Crippen molar-refractivity contribution in [3.05, 3.63) is 87.6 Å². The van der Waals surface area contributed by atoms with Crippen LogP contribution in [0, 0.1) is 12.7 Å². The van der Waals surface area contributed by atoms with Gasteiger partial charge < -0.3 is 25.0 Å². The van der Waals surface area contributed by atoms with E-state index in [2.05, 4.69) is 5.32 Å². The number of carbonyl (C=O) groups is 3. The summed E-state index contributed by atoms with van der Waals surface area (Å²) in [7, 11) is 1.31. The number of ether oxygens (including phenoxy) is 2. The predicted octanol–water partition coefficient (Wildman–Crippen LogP) is 4.45. The number of amides is 1. The van der Waals surface area contributed by atoms with Gasteiger partial charge in [-0.1, -0.05) is 24.3 Å². The Labute approximate surface area is 217 Å². The molecule has 5 rings (SSSR count). The average Bonchev–Trinajstić information content (AvgIpc) is 3.17. The highest BCUT2D eigenvalue weighted by atomic mass is 19.1. The van der Waals surface area contributed by atoms with E-state index in [1.54, 1.807) is 31.2 Å². The van der Waals surface area contributed by atoms with E-state index in [1.807, 2.05) is 0 Å². The van der Waals surface area contributed by atoms with Crippen molar-refractivity contribution in [1.82, 2.24) is 5.32 Å². The number of phenols is 1. The van der Waals surface area contributed by atoms with Gasteiger partial charge in [0.2, 0.25) is 0 Å². The highest BCUT2D eigenvalue weighted by molar-refractivity contribution is 6.25. The number of aliphatic hydroxyl groups is 1. The Morgan fingerprint density at radius 3 is 2.50 bits per heavy atom. The number of aliphatic hydroxyl groups excluding tert-OH is 1. The molecule has 1 aliphatic carbocycles. The monoisotopic (exact) mass is 517 g/mol. The molecule has 0 spiro atoms. The van der Waals surface area contributed by atoms with Crippen LogP contribution in [0.3, 0.4) is 0 Å². The van der Waals surface area contributed by atoms with Crippen molar-refractivity contribution in [2.75, 3.05) is 7.11 Å². The number of hydrogen-bond acceptors (Lipinski definition) is 7. The summed E-state index contributed by atoms with van der Waals surface area (Å²) >= 11 is 0. The maximum Gasteiger partial charge on any atom is 0.259 e. The van der Waals surface area contributed by atoms with Crippen LogP contribution in [0.4, 0.5) is 4.39 Å². The fourth-order valence-electron chi connectivity index (χ4n) is 5.23. The van der Waals surface area contributed by atoms with Gasteiger partial charge >= 0.3 is 0 Å². The summed E-state index contributed by atoms with van der Waals surface area (Å²) in [6.45, 7) is 4.38. The first kappa shape index (κ1) is 25.0. The molecule has 9 heteroatoms. The summed E-state index contributed by atoms with van der Waals surface area (Å²) in [5.41, 5.74) is -0.824. The Morgan fingerprint density at radius 1 is 1.16 bits per heavy atom. The number of rotatable bonds is 5. The Balaban J connectivity index is 1.59. The molecule has 0 bridgehead atoms. The number of phenolic OH excluding ortho intramolecular Hbond substituents is 1. The molecule has 194 valence electrons. The zero-order valence-electron chi connectivity index (χ0n) is 21.1. The molecular formula is C29H24FNO7. The van der Waals surface area contributed by atoms with E-state index < -0.39 is 34.2 Å². The number of fused-ring (bicyclic) bond motifs is 4. The van der Waals surface area contributed by atoms with E-state index in [0.717, 1.165) is 13.0 Å². The van der Waals surface area contributed by atoms with Crippen LogP contribution in [-0.2, 0) is 21.5 Å².